The summed E-state index contributed by atoms with van der Waals surface area (Å²) >= 11 is 0. The number of carbonyl (C=O) groups is 1. The molecule has 1 atom stereocenters. The number of hydrogen-bond donors (Lipinski definition) is 1. The molecule has 1 aromatic rings. The zero-order valence-corrected chi connectivity index (χ0v) is 13.9. The van der Waals surface area contributed by atoms with E-state index in [0.29, 0.717) is 25.6 Å². The van der Waals surface area contributed by atoms with Crippen LogP contribution in [0.2, 0.25) is 0 Å². The number of rotatable bonds is 5. The molecule has 22 heavy (non-hydrogen) atoms. The summed E-state index contributed by atoms with van der Waals surface area (Å²) in [4.78, 5) is 17.8. The van der Waals surface area contributed by atoms with E-state index in [-0.39, 0.29) is 29.9 Å². The van der Waals surface area contributed by atoms with Crippen LogP contribution < -0.4 is 4.72 Å². The van der Waals surface area contributed by atoms with Gasteiger partial charge in [-0.2, -0.15) is 0 Å². The van der Waals surface area contributed by atoms with Crippen LogP contribution in [0.15, 0.2) is 11.2 Å². The van der Waals surface area contributed by atoms with Gasteiger partial charge in [-0.3, -0.25) is 4.79 Å². The molecule has 1 N–H and O–H groups in total. The zero-order chi connectivity index (χ0) is 16.3. The first-order valence-electron chi connectivity index (χ1n) is 7.18. The Kier molecular flexibility index (Phi) is 5.20. The first kappa shape index (κ1) is 16.9. The number of sulfonamides is 1. The minimum atomic E-state index is -3.68. The Balaban J connectivity index is 1.88. The molecule has 1 saturated heterocycles. The van der Waals surface area contributed by atoms with E-state index in [2.05, 4.69) is 9.71 Å². The third-order valence-corrected chi connectivity index (χ3v) is 5.01. The molecule has 1 fully saturated rings. The molecule has 124 valence electrons. The van der Waals surface area contributed by atoms with Gasteiger partial charge in [0.05, 0.1) is 19.3 Å². The Morgan fingerprint density at radius 1 is 1.55 bits per heavy atom. The number of nitrogens with one attached hydrogen (secondary N) is 1. The van der Waals surface area contributed by atoms with E-state index >= 15 is 0 Å². The minimum Gasteiger partial charge on any atom is -0.377 e. The predicted molar refractivity (Wildman–Crippen MR) is 79.7 cm³/mol. The fourth-order valence-electron chi connectivity index (χ4n) is 2.26. The van der Waals surface area contributed by atoms with Gasteiger partial charge >= 0.3 is 0 Å². The van der Waals surface area contributed by atoms with Crippen molar-refractivity contribution in [1.29, 1.82) is 0 Å². The van der Waals surface area contributed by atoms with Crippen molar-refractivity contribution < 1.29 is 17.9 Å². The van der Waals surface area contributed by atoms with Gasteiger partial charge in [0.1, 0.15) is 5.82 Å². The lowest BCUT2D eigenvalue weighted by atomic mass is 10.2. The maximum atomic E-state index is 12.1. The highest BCUT2D eigenvalue weighted by Gasteiger charge is 2.24. The summed E-state index contributed by atoms with van der Waals surface area (Å²) in [5.74, 6) is 0.536. The molecule has 0 unspecified atom stereocenters. The highest BCUT2D eigenvalue weighted by atomic mass is 32.2. The third kappa shape index (κ3) is 3.84. The highest BCUT2D eigenvalue weighted by Crippen LogP contribution is 2.09. The van der Waals surface area contributed by atoms with Gasteiger partial charge in [-0.1, -0.05) is 0 Å². The first-order valence-corrected chi connectivity index (χ1v) is 8.66. The average Bonchev–Trinajstić information content (AvgIpc) is 2.80. The Morgan fingerprint density at radius 3 is 2.86 bits per heavy atom. The molecule has 0 spiro atoms. The number of nitrogens with zero attached hydrogens (tertiary/aromatic N) is 3. The lowest BCUT2D eigenvalue weighted by molar-refractivity contribution is -0.138. The molecular weight excluding hydrogens is 308 g/mol. The monoisotopic (exact) mass is 330 g/mol. The number of morpholine rings is 1. The van der Waals surface area contributed by atoms with Crippen molar-refractivity contribution in [2.75, 3.05) is 26.3 Å². The van der Waals surface area contributed by atoms with Crippen LogP contribution in [0.5, 0.6) is 0 Å². The number of amides is 1. The lowest BCUT2D eigenvalue weighted by Crippen LogP contribution is -2.47. The molecule has 0 saturated carbocycles. The molecule has 1 amide bonds. The first-order chi connectivity index (χ1) is 10.3. The maximum absolute atomic E-state index is 12.1. The van der Waals surface area contributed by atoms with Gasteiger partial charge in [0.2, 0.25) is 5.91 Å². The summed E-state index contributed by atoms with van der Waals surface area (Å²) in [5, 5.41) is -0.0281. The second-order valence-electron chi connectivity index (χ2n) is 5.40. The van der Waals surface area contributed by atoms with Crippen LogP contribution >= 0.6 is 0 Å². The van der Waals surface area contributed by atoms with E-state index in [4.69, 9.17) is 4.74 Å². The molecule has 1 aliphatic heterocycles. The van der Waals surface area contributed by atoms with Crippen LogP contribution in [-0.2, 0) is 26.6 Å². The summed E-state index contributed by atoms with van der Waals surface area (Å²) < 4.78 is 33.5. The largest absolute Gasteiger partial charge is 0.377 e. The van der Waals surface area contributed by atoms with E-state index < -0.39 is 10.0 Å². The predicted octanol–water partition coefficient (Wildman–Crippen LogP) is -0.356. The van der Waals surface area contributed by atoms with E-state index in [1.807, 2.05) is 6.92 Å². The van der Waals surface area contributed by atoms with Crippen LogP contribution in [0.25, 0.3) is 0 Å². The number of carbonyl (C=O) groups excluding carboxylic acids is 1. The summed E-state index contributed by atoms with van der Waals surface area (Å²) in [6.07, 6.45) is 1.57. The van der Waals surface area contributed by atoms with Crippen LogP contribution in [0.4, 0.5) is 0 Å². The van der Waals surface area contributed by atoms with E-state index in [0.717, 1.165) is 0 Å². The SMILES string of the molecule is Cc1nc(S(=O)(=O)NCCC(=O)N2CCOC[C@H]2C)cn1C. The van der Waals surface area contributed by atoms with Gasteiger partial charge in [-0.15, -0.1) is 0 Å². The second kappa shape index (κ2) is 6.76. The van der Waals surface area contributed by atoms with Crippen LogP contribution in [0.3, 0.4) is 0 Å². The number of hydrogen-bond acceptors (Lipinski definition) is 5. The molecular formula is C13H22N4O4S. The maximum Gasteiger partial charge on any atom is 0.259 e. The van der Waals surface area contributed by atoms with Crippen molar-refractivity contribution in [2.45, 2.75) is 31.3 Å². The van der Waals surface area contributed by atoms with Crippen molar-refractivity contribution >= 4 is 15.9 Å². The highest BCUT2D eigenvalue weighted by molar-refractivity contribution is 7.89. The molecule has 0 radical (unpaired) electrons. The van der Waals surface area contributed by atoms with Gasteiger partial charge in [0, 0.05) is 32.8 Å². The Bertz CT molecular complexity index is 621. The molecule has 8 nitrogen and oxygen atoms in total. The Hall–Kier alpha value is -1.45. The standard InChI is InChI=1S/C13H22N4O4S/c1-10-9-21-7-6-17(10)13(18)4-5-14-22(19,20)12-8-16(3)11(2)15-12/h8,10,14H,4-7,9H2,1-3H3/t10-/m1/s1. The summed E-state index contributed by atoms with van der Waals surface area (Å²) in [7, 11) is -1.95. The molecule has 0 aliphatic carbocycles. The molecule has 1 aromatic heterocycles. The lowest BCUT2D eigenvalue weighted by Gasteiger charge is -2.33. The Labute approximate surface area is 130 Å². The molecule has 1 aliphatic rings. The van der Waals surface area contributed by atoms with Crippen molar-refractivity contribution in [2.24, 2.45) is 7.05 Å². The number of imidazole rings is 1. The van der Waals surface area contributed by atoms with Crippen molar-refractivity contribution in [1.82, 2.24) is 19.2 Å². The molecule has 0 bridgehead atoms. The van der Waals surface area contributed by atoms with Crippen LogP contribution in [0.1, 0.15) is 19.2 Å². The van der Waals surface area contributed by atoms with Crippen LogP contribution in [0, 0.1) is 6.92 Å². The smallest absolute Gasteiger partial charge is 0.259 e. The third-order valence-electron chi connectivity index (χ3n) is 3.68. The van der Waals surface area contributed by atoms with Gasteiger partial charge in [0.25, 0.3) is 10.0 Å². The summed E-state index contributed by atoms with van der Waals surface area (Å²) in [6, 6.07) is 0.0243. The molecule has 9 heteroatoms. The number of aryl methyl sites for hydroxylation is 2. The van der Waals surface area contributed by atoms with Gasteiger partial charge in [-0.25, -0.2) is 18.1 Å². The fourth-order valence-corrected chi connectivity index (χ4v) is 3.33. The number of ether oxygens (including phenoxy) is 1. The van der Waals surface area contributed by atoms with E-state index in [9.17, 15) is 13.2 Å². The van der Waals surface area contributed by atoms with Gasteiger partial charge in [0.15, 0.2) is 5.03 Å². The van der Waals surface area contributed by atoms with E-state index in [1.54, 1.807) is 23.4 Å². The number of aromatic nitrogens is 2. The molecule has 0 aromatic carbocycles. The summed E-state index contributed by atoms with van der Waals surface area (Å²) in [6.45, 7) is 5.28. The average molecular weight is 330 g/mol. The summed E-state index contributed by atoms with van der Waals surface area (Å²) in [5.41, 5.74) is 0. The van der Waals surface area contributed by atoms with Gasteiger partial charge < -0.3 is 14.2 Å². The molecule has 2 heterocycles. The van der Waals surface area contributed by atoms with Crippen molar-refractivity contribution in [3.8, 4) is 0 Å². The van der Waals surface area contributed by atoms with Crippen molar-refractivity contribution in [3.05, 3.63) is 12.0 Å². The Morgan fingerprint density at radius 2 is 2.27 bits per heavy atom. The van der Waals surface area contributed by atoms with E-state index in [1.165, 1.54) is 6.20 Å². The quantitative estimate of drug-likeness (QED) is 0.796. The fraction of sp³-hybridized carbons (Fsp3) is 0.692. The molecule has 2 rings (SSSR count). The van der Waals surface area contributed by atoms with Crippen LogP contribution in [-0.4, -0.2) is 61.1 Å². The normalized spacial score (nSPS) is 19.4. The topological polar surface area (TPSA) is 93.5 Å². The minimum absolute atomic E-state index is 0.0243. The zero-order valence-electron chi connectivity index (χ0n) is 13.1. The van der Waals surface area contributed by atoms with Gasteiger partial charge in [-0.05, 0) is 13.8 Å². The van der Waals surface area contributed by atoms with Crippen molar-refractivity contribution in [3.63, 3.8) is 0 Å². The second-order valence-corrected chi connectivity index (χ2v) is 7.11.